The van der Waals surface area contributed by atoms with Gasteiger partial charge in [0.1, 0.15) is 5.75 Å². The standard InChI is InChI=1S/C33H28O6S3/c34-21-26-27(40-30(35)22-13-5-1-6-14-22)28(41-31(36)23-15-7-2-8-16-23)29(42-32(37)24-17-9-3-10-18-24)33(39-26)38-25-19-11-4-12-20-25/h1-20,26-29,33-34H,21H2/t26-,27-,28-,29-,33+/m1/s1. The van der Waals surface area contributed by atoms with E-state index < -0.39 is 34.8 Å². The van der Waals surface area contributed by atoms with Crippen LogP contribution in [0.15, 0.2) is 121 Å². The van der Waals surface area contributed by atoms with Crippen molar-refractivity contribution in [3.8, 4) is 5.75 Å². The molecule has 0 spiro atoms. The molecule has 0 bridgehead atoms. The van der Waals surface area contributed by atoms with Crippen LogP contribution in [0.1, 0.15) is 31.1 Å². The van der Waals surface area contributed by atoms with Gasteiger partial charge in [0.05, 0.1) is 23.2 Å². The lowest BCUT2D eigenvalue weighted by Crippen LogP contribution is -2.57. The molecule has 1 heterocycles. The highest BCUT2D eigenvalue weighted by Gasteiger charge is 2.50. The lowest BCUT2D eigenvalue weighted by molar-refractivity contribution is -0.149. The third-order valence-corrected chi connectivity index (χ3v) is 10.7. The largest absolute Gasteiger partial charge is 0.464 e. The van der Waals surface area contributed by atoms with Crippen LogP contribution in [-0.4, -0.2) is 55.2 Å². The van der Waals surface area contributed by atoms with Gasteiger partial charge in [-0.3, -0.25) is 14.4 Å². The van der Waals surface area contributed by atoms with Gasteiger partial charge in [0.15, 0.2) is 0 Å². The Hall–Kier alpha value is -3.34. The molecule has 4 aromatic carbocycles. The van der Waals surface area contributed by atoms with Gasteiger partial charge in [0, 0.05) is 21.9 Å². The number of benzene rings is 4. The van der Waals surface area contributed by atoms with E-state index in [4.69, 9.17) is 9.47 Å². The van der Waals surface area contributed by atoms with Gasteiger partial charge in [-0.05, 0) is 12.1 Å². The zero-order chi connectivity index (χ0) is 29.3. The molecule has 214 valence electrons. The van der Waals surface area contributed by atoms with Crippen molar-refractivity contribution in [2.75, 3.05) is 6.61 Å². The van der Waals surface area contributed by atoms with E-state index in [0.29, 0.717) is 22.4 Å². The minimum Gasteiger partial charge on any atom is -0.464 e. The van der Waals surface area contributed by atoms with Crippen molar-refractivity contribution in [2.45, 2.75) is 28.1 Å². The predicted molar refractivity (Wildman–Crippen MR) is 169 cm³/mol. The molecule has 0 unspecified atom stereocenters. The van der Waals surface area contributed by atoms with E-state index in [-0.39, 0.29) is 15.3 Å². The lowest BCUT2D eigenvalue weighted by Gasteiger charge is -2.44. The fourth-order valence-electron chi connectivity index (χ4n) is 4.45. The van der Waals surface area contributed by atoms with Crippen LogP contribution in [-0.2, 0) is 4.74 Å². The highest BCUT2D eigenvalue weighted by Crippen LogP contribution is 2.45. The maximum atomic E-state index is 13.6. The first kappa shape index (κ1) is 30.1. The zero-order valence-electron chi connectivity index (χ0n) is 22.4. The average Bonchev–Trinajstić information content (AvgIpc) is 3.05. The quantitative estimate of drug-likeness (QED) is 0.223. The molecule has 42 heavy (non-hydrogen) atoms. The van der Waals surface area contributed by atoms with E-state index in [1.807, 2.05) is 36.4 Å². The maximum absolute atomic E-state index is 13.6. The van der Waals surface area contributed by atoms with Gasteiger partial charge >= 0.3 is 0 Å². The first-order valence-electron chi connectivity index (χ1n) is 13.3. The number of hydrogen-bond acceptors (Lipinski definition) is 9. The summed E-state index contributed by atoms with van der Waals surface area (Å²) in [5, 5.41) is 7.79. The van der Waals surface area contributed by atoms with Crippen molar-refractivity contribution in [3.63, 3.8) is 0 Å². The summed E-state index contributed by atoms with van der Waals surface area (Å²) in [5.41, 5.74) is 1.48. The second-order valence-corrected chi connectivity index (χ2v) is 12.8. The van der Waals surface area contributed by atoms with Gasteiger partial charge < -0.3 is 14.6 Å². The van der Waals surface area contributed by atoms with Gasteiger partial charge in [-0.1, -0.05) is 144 Å². The van der Waals surface area contributed by atoms with Crippen LogP contribution < -0.4 is 4.74 Å². The summed E-state index contributed by atoms with van der Waals surface area (Å²) >= 11 is 3.07. The summed E-state index contributed by atoms with van der Waals surface area (Å²) in [6.07, 6.45) is -1.84. The van der Waals surface area contributed by atoms with Crippen LogP contribution in [0.4, 0.5) is 0 Å². The minimum atomic E-state index is -0.994. The smallest absolute Gasteiger partial charge is 0.219 e. The van der Waals surface area contributed by atoms with Gasteiger partial charge in [-0.2, -0.15) is 0 Å². The normalized spacial score (nSPS) is 21.8. The van der Waals surface area contributed by atoms with Crippen LogP contribution >= 0.6 is 35.3 Å². The zero-order valence-corrected chi connectivity index (χ0v) is 24.8. The second kappa shape index (κ2) is 14.7. The Bertz CT molecular complexity index is 1470. The molecule has 1 saturated heterocycles. The summed E-state index contributed by atoms with van der Waals surface area (Å²) in [6.45, 7) is -0.408. The molecular formula is C33H28O6S3. The van der Waals surface area contributed by atoms with E-state index >= 15 is 0 Å². The average molecular weight is 617 g/mol. The molecule has 0 aromatic heterocycles. The molecular weight excluding hydrogens is 589 g/mol. The van der Waals surface area contributed by atoms with Gasteiger partial charge in [-0.15, -0.1) is 0 Å². The number of carbonyl (C=O) groups excluding carboxylic acids is 3. The Morgan fingerprint density at radius 1 is 0.571 bits per heavy atom. The molecule has 0 aliphatic carbocycles. The molecule has 4 aromatic rings. The molecule has 1 aliphatic rings. The summed E-state index contributed by atoms with van der Waals surface area (Å²) < 4.78 is 12.6. The maximum Gasteiger partial charge on any atom is 0.219 e. The molecule has 1 fully saturated rings. The fraction of sp³-hybridized carbons (Fsp3) is 0.182. The van der Waals surface area contributed by atoms with E-state index in [9.17, 15) is 19.5 Å². The van der Waals surface area contributed by atoms with Crippen molar-refractivity contribution in [1.82, 2.24) is 0 Å². The number of ether oxygens (including phenoxy) is 2. The minimum absolute atomic E-state index is 0.215. The van der Waals surface area contributed by atoms with E-state index in [2.05, 4.69) is 0 Å². The van der Waals surface area contributed by atoms with Crippen molar-refractivity contribution in [3.05, 3.63) is 138 Å². The van der Waals surface area contributed by atoms with E-state index in [1.54, 1.807) is 84.9 Å². The number of carbonyl (C=O) groups is 3. The number of thioether (sulfide) groups is 3. The molecule has 5 rings (SSSR count). The number of aliphatic hydroxyl groups is 1. The monoisotopic (exact) mass is 616 g/mol. The Kier molecular flexibility index (Phi) is 10.6. The SMILES string of the molecule is O=C(S[C@H]1[C@@H](SC(=O)c2ccccc2)[C@@H](Oc2ccccc2)O[C@H](CO)[C@H]1SC(=O)c1ccccc1)c1ccccc1. The molecule has 9 heteroatoms. The topological polar surface area (TPSA) is 89.9 Å². The Labute approximate surface area is 257 Å². The second-order valence-electron chi connectivity index (χ2n) is 9.36. The van der Waals surface area contributed by atoms with Crippen LogP contribution in [0.2, 0.25) is 0 Å². The first-order chi connectivity index (χ1) is 20.5. The van der Waals surface area contributed by atoms with Crippen LogP contribution in [0, 0.1) is 0 Å². The van der Waals surface area contributed by atoms with E-state index in [0.717, 1.165) is 35.3 Å². The predicted octanol–water partition coefficient (Wildman–Crippen LogP) is 6.61. The Morgan fingerprint density at radius 2 is 0.952 bits per heavy atom. The molecule has 0 radical (unpaired) electrons. The number of hydrogen-bond donors (Lipinski definition) is 1. The van der Waals surface area contributed by atoms with Crippen LogP contribution in [0.3, 0.4) is 0 Å². The fourth-order valence-corrected chi connectivity index (χ4v) is 8.49. The molecule has 6 nitrogen and oxygen atoms in total. The number of aliphatic hydroxyl groups excluding tert-OH is 1. The summed E-state index contributed by atoms with van der Waals surface area (Å²) in [5.74, 6) is 0.515. The van der Waals surface area contributed by atoms with Gasteiger partial charge in [0.25, 0.3) is 0 Å². The summed E-state index contributed by atoms with van der Waals surface area (Å²) in [7, 11) is 0. The molecule has 1 aliphatic heterocycles. The summed E-state index contributed by atoms with van der Waals surface area (Å²) in [4.78, 5) is 40.6. The molecule has 1 N–H and O–H groups in total. The van der Waals surface area contributed by atoms with Crippen LogP contribution in [0.5, 0.6) is 5.75 Å². The number of para-hydroxylation sites is 1. The first-order valence-corrected chi connectivity index (χ1v) is 15.9. The van der Waals surface area contributed by atoms with Gasteiger partial charge in [0.2, 0.25) is 21.6 Å². The molecule has 0 amide bonds. The molecule has 5 atom stereocenters. The third kappa shape index (κ3) is 7.53. The third-order valence-electron chi connectivity index (χ3n) is 6.52. The van der Waals surface area contributed by atoms with Gasteiger partial charge in [-0.25, -0.2) is 0 Å². The van der Waals surface area contributed by atoms with Crippen LogP contribution in [0.25, 0.3) is 0 Å². The highest BCUT2D eigenvalue weighted by atomic mass is 32.2. The Morgan fingerprint density at radius 3 is 1.38 bits per heavy atom. The van der Waals surface area contributed by atoms with Crippen molar-refractivity contribution < 1.29 is 29.0 Å². The van der Waals surface area contributed by atoms with Crippen molar-refractivity contribution in [1.29, 1.82) is 0 Å². The highest BCUT2D eigenvalue weighted by molar-refractivity contribution is 8.20. The summed E-state index contributed by atoms with van der Waals surface area (Å²) in [6, 6.07) is 35.6. The number of rotatable bonds is 9. The van der Waals surface area contributed by atoms with E-state index in [1.165, 1.54) is 0 Å². The lowest BCUT2D eigenvalue weighted by atomic mass is 10.1. The van der Waals surface area contributed by atoms with Crippen molar-refractivity contribution in [2.24, 2.45) is 0 Å². The Balaban J connectivity index is 1.54. The molecule has 0 saturated carbocycles. The van der Waals surface area contributed by atoms with Crippen molar-refractivity contribution >= 4 is 50.6 Å².